The van der Waals surface area contributed by atoms with Gasteiger partial charge < -0.3 is 20.1 Å². The lowest BCUT2D eigenvalue weighted by Gasteiger charge is -2.16. The van der Waals surface area contributed by atoms with Crippen LogP contribution in [0, 0.1) is 0 Å². The summed E-state index contributed by atoms with van der Waals surface area (Å²) in [5, 5.41) is 5.85. The van der Waals surface area contributed by atoms with E-state index in [0.717, 1.165) is 5.56 Å². The Morgan fingerprint density at radius 3 is 1.96 bits per heavy atom. The van der Waals surface area contributed by atoms with Gasteiger partial charge >= 0.3 is 0 Å². The van der Waals surface area contributed by atoms with Gasteiger partial charge in [0.15, 0.2) is 0 Å². The summed E-state index contributed by atoms with van der Waals surface area (Å²) in [6.45, 7) is 1.43. The molecule has 0 fully saturated rings. The van der Waals surface area contributed by atoms with Crippen molar-refractivity contribution < 1.29 is 14.3 Å². The highest BCUT2D eigenvalue weighted by Crippen LogP contribution is 2.36. The van der Waals surface area contributed by atoms with Gasteiger partial charge in [-0.3, -0.25) is 4.79 Å². The Hall–Kier alpha value is -2.60. The van der Waals surface area contributed by atoms with Gasteiger partial charge in [-0.1, -0.05) is 42.5 Å². The quantitative estimate of drug-likeness (QED) is 0.822. The van der Waals surface area contributed by atoms with Gasteiger partial charge in [0, 0.05) is 24.6 Å². The topological polar surface area (TPSA) is 59.6 Å². The zero-order valence-corrected chi connectivity index (χ0v) is 14.0. The maximum Gasteiger partial charge on any atom is 0.221 e. The molecule has 6 heteroatoms. The van der Waals surface area contributed by atoms with Gasteiger partial charge in [-0.2, -0.15) is 0 Å². The van der Waals surface area contributed by atoms with Crippen LogP contribution < -0.4 is 20.1 Å². The lowest BCUT2D eigenvalue weighted by molar-refractivity contribution is -0.114. The molecule has 23 heavy (non-hydrogen) atoms. The maximum absolute atomic E-state index is 11.3. The van der Waals surface area contributed by atoms with Crippen LogP contribution in [0.2, 0.25) is 0 Å². The Balaban J connectivity index is 2.34. The molecule has 0 atom stereocenters. The van der Waals surface area contributed by atoms with Crippen molar-refractivity contribution >= 4 is 34.5 Å². The molecule has 0 aliphatic rings. The van der Waals surface area contributed by atoms with E-state index in [0.29, 0.717) is 27.9 Å². The van der Waals surface area contributed by atoms with Gasteiger partial charge in [0.1, 0.15) is 16.5 Å². The molecule has 0 radical (unpaired) electrons. The molecular weight excluding hydrogens is 312 g/mol. The Morgan fingerprint density at radius 2 is 1.48 bits per heavy atom. The fourth-order valence-electron chi connectivity index (χ4n) is 2.07. The maximum atomic E-state index is 11.3. The summed E-state index contributed by atoms with van der Waals surface area (Å²) < 4.78 is 10.7. The predicted octanol–water partition coefficient (Wildman–Crippen LogP) is 3.45. The van der Waals surface area contributed by atoms with Crippen LogP contribution in [0.4, 0.5) is 11.4 Å². The SMILES string of the molecule is COc1cc(NC(=S)c2ccccc2)c(OC)cc1NC(C)=O. The largest absolute Gasteiger partial charge is 0.494 e. The highest BCUT2D eigenvalue weighted by Gasteiger charge is 2.13. The van der Waals surface area contributed by atoms with Crippen molar-refractivity contribution in [3.63, 3.8) is 0 Å². The number of thiocarbonyl (C=S) groups is 1. The van der Waals surface area contributed by atoms with Gasteiger partial charge in [0.2, 0.25) is 5.91 Å². The average molecular weight is 330 g/mol. The van der Waals surface area contributed by atoms with Gasteiger partial charge in [-0.15, -0.1) is 0 Å². The molecule has 0 heterocycles. The molecule has 0 aliphatic heterocycles. The third-order valence-electron chi connectivity index (χ3n) is 3.12. The number of hydrogen-bond donors (Lipinski definition) is 2. The Kier molecular flexibility index (Phi) is 5.54. The highest BCUT2D eigenvalue weighted by atomic mass is 32.1. The van der Waals surface area contributed by atoms with Crippen molar-refractivity contribution in [3.8, 4) is 11.5 Å². The molecule has 2 rings (SSSR count). The smallest absolute Gasteiger partial charge is 0.221 e. The van der Waals surface area contributed by atoms with Crippen molar-refractivity contribution in [3.05, 3.63) is 48.0 Å². The number of ether oxygens (including phenoxy) is 2. The Labute approximate surface area is 140 Å². The zero-order valence-electron chi connectivity index (χ0n) is 13.2. The van der Waals surface area contributed by atoms with E-state index in [1.54, 1.807) is 19.2 Å². The average Bonchev–Trinajstić information content (AvgIpc) is 2.56. The number of hydrogen-bond acceptors (Lipinski definition) is 4. The second-order valence-corrected chi connectivity index (χ2v) is 5.16. The minimum Gasteiger partial charge on any atom is -0.494 e. The van der Waals surface area contributed by atoms with E-state index in [2.05, 4.69) is 10.6 Å². The van der Waals surface area contributed by atoms with Crippen LogP contribution in [-0.4, -0.2) is 25.1 Å². The van der Waals surface area contributed by atoms with Gasteiger partial charge in [-0.25, -0.2) is 0 Å². The standard InChI is InChI=1S/C17H18N2O3S/c1-11(20)18-13-9-16(22-3)14(10-15(13)21-2)19-17(23)12-7-5-4-6-8-12/h4-10H,1-3H3,(H,18,20)(H,19,23). The molecule has 0 saturated carbocycles. The molecule has 0 unspecified atom stereocenters. The number of nitrogens with one attached hydrogen (secondary N) is 2. The van der Waals surface area contributed by atoms with Crippen molar-refractivity contribution in [2.24, 2.45) is 0 Å². The molecule has 0 aromatic heterocycles. The van der Waals surface area contributed by atoms with Crippen molar-refractivity contribution in [2.45, 2.75) is 6.92 Å². The summed E-state index contributed by atoms with van der Waals surface area (Å²) >= 11 is 5.42. The monoisotopic (exact) mass is 330 g/mol. The predicted molar refractivity (Wildman–Crippen MR) is 95.6 cm³/mol. The summed E-state index contributed by atoms with van der Waals surface area (Å²) in [4.78, 5) is 11.9. The summed E-state index contributed by atoms with van der Waals surface area (Å²) in [6, 6.07) is 13.0. The normalized spacial score (nSPS) is 9.87. The summed E-state index contributed by atoms with van der Waals surface area (Å²) in [5.74, 6) is 0.873. The van der Waals surface area contributed by atoms with Gasteiger partial charge in [0.05, 0.1) is 25.6 Å². The molecule has 0 saturated heterocycles. The molecule has 120 valence electrons. The molecule has 5 nitrogen and oxygen atoms in total. The first-order valence-corrected chi connectivity index (χ1v) is 7.36. The molecule has 0 bridgehead atoms. The van der Waals surface area contributed by atoms with Gasteiger partial charge in [-0.05, 0) is 0 Å². The lowest BCUT2D eigenvalue weighted by Crippen LogP contribution is -2.12. The fraction of sp³-hybridized carbons (Fsp3) is 0.176. The van der Waals surface area contributed by atoms with Crippen molar-refractivity contribution in [1.82, 2.24) is 0 Å². The minimum absolute atomic E-state index is 0.189. The number of carbonyl (C=O) groups excluding carboxylic acids is 1. The van der Waals surface area contributed by atoms with E-state index in [4.69, 9.17) is 21.7 Å². The number of benzene rings is 2. The van der Waals surface area contributed by atoms with Crippen LogP contribution in [0.15, 0.2) is 42.5 Å². The third kappa shape index (κ3) is 4.20. The first-order chi connectivity index (χ1) is 11.0. The van der Waals surface area contributed by atoms with Gasteiger partial charge in [0.25, 0.3) is 0 Å². The van der Waals surface area contributed by atoms with Crippen LogP contribution in [0.1, 0.15) is 12.5 Å². The molecule has 2 aromatic rings. The zero-order chi connectivity index (χ0) is 16.8. The molecule has 0 aliphatic carbocycles. The molecule has 2 N–H and O–H groups in total. The summed E-state index contributed by atoms with van der Waals surface area (Å²) in [5.41, 5.74) is 2.09. The highest BCUT2D eigenvalue weighted by molar-refractivity contribution is 7.81. The number of carbonyl (C=O) groups is 1. The minimum atomic E-state index is -0.189. The fourth-order valence-corrected chi connectivity index (χ4v) is 2.31. The van der Waals surface area contributed by atoms with E-state index >= 15 is 0 Å². The second-order valence-electron chi connectivity index (χ2n) is 4.75. The van der Waals surface area contributed by atoms with E-state index in [1.165, 1.54) is 14.0 Å². The van der Waals surface area contributed by atoms with Crippen LogP contribution in [0.3, 0.4) is 0 Å². The first-order valence-electron chi connectivity index (χ1n) is 6.95. The van der Waals surface area contributed by atoms with E-state index in [-0.39, 0.29) is 5.91 Å². The molecule has 1 amide bonds. The van der Waals surface area contributed by atoms with Crippen LogP contribution in [0.5, 0.6) is 11.5 Å². The van der Waals surface area contributed by atoms with Crippen molar-refractivity contribution in [1.29, 1.82) is 0 Å². The van der Waals surface area contributed by atoms with Crippen LogP contribution in [0.25, 0.3) is 0 Å². The van der Waals surface area contributed by atoms with E-state index in [9.17, 15) is 4.79 Å². The Bertz CT molecular complexity index is 717. The number of methoxy groups -OCH3 is 2. The van der Waals surface area contributed by atoms with Crippen molar-refractivity contribution in [2.75, 3.05) is 24.9 Å². The number of anilines is 2. The summed E-state index contributed by atoms with van der Waals surface area (Å²) in [7, 11) is 3.09. The number of amides is 1. The second kappa shape index (κ2) is 7.60. The van der Waals surface area contributed by atoms with Crippen LogP contribution >= 0.6 is 12.2 Å². The lowest BCUT2D eigenvalue weighted by atomic mass is 10.2. The molecule has 0 spiro atoms. The van der Waals surface area contributed by atoms with E-state index in [1.807, 2.05) is 30.3 Å². The van der Waals surface area contributed by atoms with Crippen LogP contribution in [-0.2, 0) is 4.79 Å². The van der Waals surface area contributed by atoms with E-state index < -0.39 is 0 Å². The third-order valence-corrected chi connectivity index (χ3v) is 3.45. The summed E-state index contributed by atoms with van der Waals surface area (Å²) in [6.07, 6.45) is 0. The molecule has 2 aromatic carbocycles. The first kappa shape index (κ1) is 16.8. The number of rotatable bonds is 5. The molecular formula is C17H18N2O3S. The Morgan fingerprint density at radius 1 is 0.957 bits per heavy atom.